The first-order valence-electron chi connectivity index (χ1n) is 8.78. The first-order chi connectivity index (χ1) is 11.6. The minimum Gasteiger partial charge on any atom is -0.336 e. The van der Waals surface area contributed by atoms with Gasteiger partial charge in [0, 0.05) is 37.8 Å². The summed E-state index contributed by atoms with van der Waals surface area (Å²) in [6, 6.07) is 19.0. The van der Waals surface area contributed by atoms with Crippen molar-refractivity contribution in [3.63, 3.8) is 0 Å². The second-order valence-corrected chi connectivity index (χ2v) is 6.68. The predicted octanol–water partition coefficient (Wildman–Crippen LogP) is 3.38. The molecule has 3 rings (SSSR count). The number of piperazine rings is 1. The molecule has 1 saturated heterocycles. The van der Waals surface area contributed by atoms with E-state index >= 15 is 0 Å². The minimum absolute atomic E-state index is 0.170. The Morgan fingerprint density at radius 1 is 0.958 bits per heavy atom. The minimum atomic E-state index is 0.170. The molecule has 0 spiro atoms. The van der Waals surface area contributed by atoms with E-state index in [1.807, 2.05) is 36.1 Å². The number of rotatable bonds is 4. The van der Waals surface area contributed by atoms with Crippen LogP contribution in [0.15, 0.2) is 54.6 Å². The largest absolute Gasteiger partial charge is 0.336 e. The molecule has 1 amide bonds. The van der Waals surface area contributed by atoms with Crippen molar-refractivity contribution in [1.29, 1.82) is 0 Å². The van der Waals surface area contributed by atoms with Crippen molar-refractivity contribution in [1.82, 2.24) is 9.80 Å². The van der Waals surface area contributed by atoms with Crippen molar-refractivity contribution in [2.24, 2.45) is 0 Å². The molecule has 24 heavy (non-hydrogen) atoms. The van der Waals surface area contributed by atoms with E-state index in [1.165, 1.54) is 5.56 Å². The predicted molar refractivity (Wildman–Crippen MR) is 98.3 cm³/mol. The van der Waals surface area contributed by atoms with E-state index < -0.39 is 0 Å². The molecule has 1 aliphatic rings. The zero-order chi connectivity index (χ0) is 16.9. The lowest BCUT2D eigenvalue weighted by Crippen LogP contribution is -2.51. The molecule has 0 radical (unpaired) electrons. The molecule has 126 valence electrons. The second-order valence-electron chi connectivity index (χ2n) is 6.68. The van der Waals surface area contributed by atoms with Crippen molar-refractivity contribution in [2.45, 2.75) is 26.3 Å². The molecule has 1 atom stereocenters. The molecule has 0 aliphatic carbocycles. The van der Waals surface area contributed by atoms with E-state index in [9.17, 15) is 4.79 Å². The molecule has 0 aromatic heterocycles. The Morgan fingerprint density at radius 2 is 1.58 bits per heavy atom. The van der Waals surface area contributed by atoms with Crippen molar-refractivity contribution in [3.8, 4) is 0 Å². The van der Waals surface area contributed by atoms with Crippen LogP contribution in [-0.4, -0.2) is 47.9 Å². The Morgan fingerprint density at radius 3 is 2.25 bits per heavy atom. The summed E-state index contributed by atoms with van der Waals surface area (Å²) in [5, 5.41) is 0. The van der Waals surface area contributed by atoms with Gasteiger partial charge in [-0.15, -0.1) is 0 Å². The molecule has 2 aromatic carbocycles. The second kappa shape index (κ2) is 7.63. The van der Waals surface area contributed by atoms with Gasteiger partial charge in [-0.25, -0.2) is 0 Å². The fraction of sp³-hybridized carbons (Fsp3) is 0.381. The van der Waals surface area contributed by atoms with Gasteiger partial charge in [-0.05, 0) is 37.5 Å². The summed E-state index contributed by atoms with van der Waals surface area (Å²) in [6.07, 6.45) is 1.06. The molecular weight excluding hydrogens is 296 g/mol. The number of aryl methyl sites for hydroxylation is 1. The van der Waals surface area contributed by atoms with E-state index in [0.29, 0.717) is 6.04 Å². The van der Waals surface area contributed by atoms with Gasteiger partial charge in [0.15, 0.2) is 0 Å². The number of hydrogen-bond donors (Lipinski definition) is 0. The molecule has 1 aliphatic heterocycles. The highest BCUT2D eigenvalue weighted by molar-refractivity contribution is 5.95. The van der Waals surface area contributed by atoms with Crippen LogP contribution in [0.3, 0.4) is 0 Å². The highest BCUT2D eigenvalue weighted by Gasteiger charge is 2.25. The number of hydrogen-bond acceptors (Lipinski definition) is 2. The molecule has 0 saturated carbocycles. The van der Waals surface area contributed by atoms with Crippen molar-refractivity contribution in [3.05, 3.63) is 71.3 Å². The highest BCUT2D eigenvalue weighted by atomic mass is 16.2. The Labute approximate surface area is 144 Å². The highest BCUT2D eigenvalue weighted by Crippen LogP contribution is 2.15. The summed E-state index contributed by atoms with van der Waals surface area (Å²) in [4.78, 5) is 17.2. The molecular formula is C21H26N2O. The molecule has 1 unspecified atom stereocenters. The van der Waals surface area contributed by atoms with Gasteiger partial charge in [0.25, 0.3) is 5.91 Å². The fourth-order valence-electron chi connectivity index (χ4n) is 3.43. The molecule has 0 N–H and O–H groups in total. The lowest BCUT2D eigenvalue weighted by atomic mass is 10.0. The van der Waals surface area contributed by atoms with Gasteiger partial charge in [-0.1, -0.05) is 48.5 Å². The standard InChI is InChI=1S/C21H26N2O/c1-17-8-6-7-11-20(17)21(24)23-14-12-22(13-15-23)18(2)16-19-9-4-3-5-10-19/h3-11,18H,12-16H2,1-2H3. The number of nitrogens with zero attached hydrogens (tertiary/aromatic N) is 2. The van der Waals surface area contributed by atoms with Crippen LogP contribution in [0.1, 0.15) is 28.4 Å². The summed E-state index contributed by atoms with van der Waals surface area (Å²) < 4.78 is 0. The van der Waals surface area contributed by atoms with Gasteiger partial charge in [0.1, 0.15) is 0 Å². The molecule has 0 bridgehead atoms. The van der Waals surface area contributed by atoms with Crippen LogP contribution in [0.5, 0.6) is 0 Å². The Bertz CT molecular complexity index is 675. The maximum absolute atomic E-state index is 12.7. The lowest BCUT2D eigenvalue weighted by molar-refractivity contribution is 0.0582. The first-order valence-corrected chi connectivity index (χ1v) is 8.78. The fourth-order valence-corrected chi connectivity index (χ4v) is 3.43. The van der Waals surface area contributed by atoms with E-state index in [4.69, 9.17) is 0 Å². The summed E-state index contributed by atoms with van der Waals surface area (Å²) in [5.74, 6) is 0.170. The number of carbonyl (C=O) groups excluding carboxylic acids is 1. The van der Waals surface area contributed by atoms with Crippen molar-refractivity contribution in [2.75, 3.05) is 26.2 Å². The average Bonchev–Trinajstić information content (AvgIpc) is 2.62. The smallest absolute Gasteiger partial charge is 0.254 e. The van der Waals surface area contributed by atoms with Crippen LogP contribution in [-0.2, 0) is 6.42 Å². The number of carbonyl (C=O) groups is 1. The van der Waals surface area contributed by atoms with E-state index in [-0.39, 0.29) is 5.91 Å². The van der Waals surface area contributed by atoms with Gasteiger partial charge in [-0.2, -0.15) is 0 Å². The third kappa shape index (κ3) is 3.85. The van der Waals surface area contributed by atoms with Crippen LogP contribution < -0.4 is 0 Å². The van der Waals surface area contributed by atoms with Crippen LogP contribution in [0, 0.1) is 6.92 Å². The van der Waals surface area contributed by atoms with Crippen LogP contribution in [0.25, 0.3) is 0 Å². The topological polar surface area (TPSA) is 23.6 Å². The van der Waals surface area contributed by atoms with Gasteiger partial charge >= 0.3 is 0 Å². The Kier molecular flexibility index (Phi) is 5.31. The maximum atomic E-state index is 12.7. The van der Waals surface area contributed by atoms with Gasteiger partial charge in [0.05, 0.1) is 0 Å². The summed E-state index contributed by atoms with van der Waals surface area (Å²) in [5.41, 5.74) is 3.27. The summed E-state index contributed by atoms with van der Waals surface area (Å²) in [6.45, 7) is 7.81. The summed E-state index contributed by atoms with van der Waals surface area (Å²) in [7, 11) is 0. The van der Waals surface area contributed by atoms with Crippen LogP contribution in [0.4, 0.5) is 0 Å². The average molecular weight is 322 g/mol. The van der Waals surface area contributed by atoms with Crippen molar-refractivity contribution >= 4 is 5.91 Å². The van der Waals surface area contributed by atoms with Gasteiger partial charge < -0.3 is 4.90 Å². The molecule has 3 heteroatoms. The quantitative estimate of drug-likeness (QED) is 0.861. The SMILES string of the molecule is Cc1ccccc1C(=O)N1CCN(C(C)Cc2ccccc2)CC1. The zero-order valence-electron chi connectivity index (χ0n) is 14.6. The number of benzene rings is 2. The normalized spacial score (nSPS) is 16.8. The van der Waals surface area contributed by atoms with Crippen molar-refractivity contribution < 1.29 is 4.79 Å². The van der Waals surface area contributed by atoms with E-state index in [2.05, 4.69) is 42.2 Å². The lowest BCUT2D eigenvalue weighted by Gasteiger charge is -2.38. The van der Waals surface area contributed by atoms with Crippen LogP contribution >= 0.6 is 0 Å². The monoisotopic (exact) mass is 322 g/mol. The van der Waals surface area contributed by atoms with E-state index in [0.717, 1.165) is 43.7 Å². The number of amides is 1. The summed E-state index contributed by atoms with van der Waals surface area (Å²) >= 11 is 0. The third-order valence-electron chi connectivity index (χ3n) is 4.97. The molecule has 1 fully saturated rings. The van der Waals surface area contributed by atoms with Crippen LogP contribution in [0.2, 0.25) is 0 Å². The molecule has 3 nitrogen and oxygen atoms in total. The first kappa shape index (κ1) is 16.7. The third-order valence-corrected chi connectivity index (χ3v) is 4.97. The zero-order valence-corrected chi connectivity index (χ0v) is 14.6. The van der Waals surface area contributed by atoms with Gasteiger partial charge in [-0.3, -0.25) is 9.69 Å². The Hall–Kier alpha value is -2.13. The molecule has 1 heterocycles. The Balaban J connectivity index is 1.56. The van der Waals surface area contributed by atoms with Gasteiger partial charge in [0.2, 0.25) is 0 Å². The van der Waals surface area contributed by atoms with E-state index in [1.54, 1.807) is 0 Å². The maximum Gasteiger partial charge on any atom is 0.254 e. The molecule has 2 aromatic rings.